The van der Waals surface area contributed by atoms with Gasteiger partial charge in [0.05, 0.1) is 31.5 Å². The molecule has 3 aliphatic rings. The van der Waals surface area contributed by atoms with E-state index in [-0.39, 0.29) is 11.8 Å². The Morgan fingerprint density at radius 1 is 1.48 bits per heavy atom. The first-order chi connectivity index (χ1) is 12.9. The van der Waals surface area contributed by atoms with E-state index in [9.17, 15) is 9.90 Å². The van der Waals surface area contributed by atoms with Gasteiger partial charge in [-0.1, -0.05) is 5.21 Å². The molecule has 3 saturated heterocycles. The lowest BCUT2D eigenvalue weighted by atomic mass is 9.75. The second-order valence-corrected chi connectivity index (χ2v) is 8.22. The topological polar surface area (TPSA) is 96.4 Å². The number of aliphatic hydroxyl groups is 1. The van der Waals surface area contributed by atoms with Crippen molar-refractivity contribution in [2.45, 2.75) is 51.4 Å². The molecule has 2 unspecified atom stereocenters. The third-order valence-electron chi connectivity index (χ3n) is 5.80. The van der Waals surface area contributed by atoms with Gasteiger partial charge in [0.2, 0.25) is 5.91 Å². The number of rotatable bonds is 6. The number of nitrogens with one attached hydrogen (secondary N) is 1. The molecule has 8 heteroatoms. The Bertz CT molecular complexity index is 780. The molecule has 5 rings (SSSR count). The molecule has 146 valence electrons. The van der Waals surface area contributed by atoms with Crippen molar-refractivity contribution in [1.29, 1.82) is 0 Å². The van der Waals surface area contributed by atoms with Crippen molar-refractivity contribution >= 4 is 5.91 Å². The number of furan rings is 1. The van der Waals surface area contributed by atoms with Crippen LogP contribution in [-0.2, 0) is 23.5 Å². The van der Waals surface area contributed by atoms with Gasteiger partial charge in [0.15, 0.2) is 0 Å². The van der Waals surface area contributed by atoms with E-state index in [1.165, 1.54) is 0 Å². The number of fused-ring (bicyclic) bond motifs is 3. The van der Waals surface area contributed by atoms with Crippen LogP contribution in [0.25, 0.3) is 0 Å². The molecular formula is C19H27N5O3. The Kier molecular flexibility index (Phi) is 4.77. The highest BCUT2D eigenvalue weighted by Crippen LogP contribution is 2.37. The summed E-state index contributed by atoms with van der Waals surface area (Å²) in [6, 6.07) is 4.05. The quantitative estimate of drug-likeness (QED) is 0.788. The summed E-state index contributed by atoms with van der Waals surface area (Å²) in [5, 5.41) is 21.3. The Morgan fingerprint density at radius 3 is 2.96 bits per heavy atom. The number of aromatic nitrogens is 3. The summed E-state index contributed by atoms with van der Waals surface area (Å²) >= 11 is 0. The van der Waals surface area contributed by atoms with Crippen LogP contribution in [0.15, 0.2) is 29.0 Å². The maximum Gasteiger partial charge on any atom is 0.225 e. The first-order valence-corrected chi connectivity index (χ1v) is 9.57. The molecule has 27 heavy (non-hydrogen) atoms. The van der Waals surface area contributed by atoms with E-state index in [2.05, 4.69) is 20.5 Å². The molecule has 2 bridgehead atoms. The van der Waals surface area contributed by atoms with Gasteiger partial charge in [-0.3, -0.25) is 14.4 Å². The fourth-order valence-electron chi connectivity index (χ4n) is 4.23. The second-order valence-electron chi connectivity index (χ2n) is 8.22. The number of hydrogen-bond acceptors (Lipinski definition) is 6. The molecule has 2 aromatic rings. The van der Waals surface area contributed by atoms with E-state index < -0.39 is 5.60 Å². The van der Waals surface area contributed by atoms with Gasteiger partial charge in [0.25, 0.3) is 0 Å². The number of nitrogens with zero attached hydrogens (tertiary/aromatic N) is 4. The first kappa shape index (κ1) is 18.2. The molecule has 0 radical (unpaired) electrons. The fourth-order valence-corrected chi connectivity index (χ4v) is 4.23. The van der Waals surface area contributed by atoms with Crippen LogP contribution in [0.4, 0.5) is 0 Å². The molecule has 0 saturated carbocycles. The summed E-state index contributed by atoms with van der Waals surface area (Å²) in [6.07, 6.45) is 5.48. The van der Waals surface area contributed by atoms with Gasteiger partial charge in [-0.25, -0.2) is 0 Å². The lowest BCUT2D eigenvalue weighted by molar-refractivity contribution is -0.133. The number of piperidine rings is 3. The van der Waals surface area contributed by atoms with Gasteiger partial charge in [0.1, 0.15) is 17.1 Å². The van der Waals surface area contributed by atoms with Gasteiger partial charge < -0.3 is 14.8 Å². The maximum atomic E-state index is 12.6. The normalized spacial score (nSPS) is 27.7. The van der Waals surface area contributed by atoms with Crippen molar-refractivity contribution in [3.63, 3.8) is 0 Å². The number of carbonyl (C=O) groups excluding carboxylic acids is 1. The monoisotopic (exact) mass is 373 g/mol. The average Bonchev–Trinajstić information content (AvgIpc) is 3.31. The Hall–Kier alpha value is -2.19. The van der Waals surface area contributed by atoms with E-state index in [1.807, 2.05) is 23.0 Å². The Labute approximate surface area is 158 Å². The highest BCUT2D eigenvalue weighted by Gasteiger charge is 2.43. The number of amides is 1. The number of hydrogen-bond donors (Lipinski definition) is 2. The largest absolute Gasteiger partial charge is 0.467 e. The highest BCUT2D eigenvalue weighted by atomic mass is 16.3. The smallest absolute Gasteiger partial charge is 0.225 e. The third-order valence-corrected chi connectivity index (χ3v) is 5.80. The van der Waals surface area contributed by atoms with Crippen molar-refractivity contribution in [2.24, 2.45) is 11.8 Å². The molecule has 4 atom stereocenters. The Balaban J connectivity index is 1.34. The third kappa shape index (κ3) is 3.91. The van der Waals surface area contributed by atoms with Crippen molar-refractivity contribution < 1.29 is 14.3 Å². The lowest BCUT2D eigenvalue weighted by Gasteiger charge is -2.49. The molecule has 0 aliphatic carbocycles. The van der Waals surface area contributed by atoms with Crippen LogP contribution >= 0.6 is 0 Å². The lowest BCUT2D eigenvalue weighted by Crippen LogP contribution is -2.57. The molecule has 2 N–H and O–H groups in total. The SMILES string of the molecule is CC(C)(O)c1cn(C[C@H]2CC3CCN2C[C@@H]3C(=O)NCc2ccco2)nn1. The summed E-state index contributed by atoms with van der Waals surface area (Å²) in [6.45, 7) is 6.40. The molecule has 0 spiro atoms. The van der Waals surface area contributed by atoms with Gasteiger partial charge in [0, 0.05) is 12.6 Å². The van der Waals surface area contributed by atoms with E-state index in [0.717, 1.165) is 38.2 Å². The van der Waals surface area contributed by atoms with Crippen LogP contribution in [0.3, 0.4) is 0 Å². The number of carbonyl (C=O) groups is 1. The van der Waals surface area contributed by atoms with E-state index in [0.29, 0.717) is 24.2 Å². The van der Waals surface area contributed by atoms with Crippen LogP contribution < -0.4 is 5.32 Å². The average molecular weight is 373 g/mol. The first-order valence-electron chi connectivity index (χ1n) is 9.57. The predicted octanol–water partition coefficient (Wildman–Crippen LogP) is 1.13. The summed E-state index contributed by atoms with van der Waals surface area (Å²) in [5.41, 5.74) is -0.407. The summed E-state index contributed by atoms with van der Waals surface area (Å²) < 4.78 is 7.09. The molecule has 1 amide bonds. The molecule has 2 aromatic heterocycles. The standard InChI is InChI=1S/C19H27N5O3/c1-19(2,26)17-12-24(22-21-17)10-14-8-13-5-6-23(14)11-16(13)18(25)20-9-15-4-3-7-27-15/h3-4,7,12-14,16,26H,5-6,8-11H2,1-2H3,(H,20,25)/t13?,14-,16+/m1/s1. The summed E-state index contributed by atoms with van der Waals surface area (Å²) in [7, 11) is 0. The van der Waals surface area contributed by atoms with E-state index >= 15 is 0 Å². The van der Waals surface area contributed by atoms with E-state index in [4.69, 9.17) is 4.42 Å². The molecule has 3 fully saturated rings. The van der Waals surface area contributed by atoms with Crippen LogP contribution in [-0.4, -0.2) is 50.0 Å². The van der Waals surface area contributed by atoms with Gasteiger partial charge in [-0.2, -0.15) is 0 Å². The minimum absolute atomic E-state index is 0.0349. The van der Waals surface area contributed by atoms with Crippen molar-refractivity contribution in [3.05, 3.63) is 36.0 Å². The maximum absolute atomic E-state index is 12.6. The molecular weight excluding hydrogens is 346 g/mol. The zero-order chi connectivity index (χ0) is 19.0. The van der Waals surface area contributed by atoms with Crippen LogP contribution in [0, 0.1) is 11.8 Å². The highest BCUT2D eigenvalue weighted by molar-refractivity contribution is 5.79. The van der Waals surface area contributed by atoms with Crippen molar-refractivity contribution in [1.82, 2.24) is 25.2 Å². The second kappa shape index (κ2) is 7.09. The summed E-state index contributed by atoms with van der Waals surface area (Å²) in [5.74, 6) is 1.32. The van der Waals surface area contributed by atoms with Crippen LogP contribution in [0.2, 0.25) is 0 Å². The summed E-state index contributed by atoms with van der Waals surface area (Å²) in [4.78, 5) is 15.0. The molecule has 0 aromatic carbocycles. The van der Waals surface area contributed by atoms with Gasteiger partial charge >= 0.3 is 0 Å². The van der Waals surface area contributed by atoms with E-state index in [1.54, 1.807) is 20.1 Å². The van der Waals surface area contributed by atoms with Gasteiger partial charge in [-0.05, 0) is 51.3 Å². The predicted molar refractivity (Wildman–Crippen MR) is 97.4 cm³/mol. The van der Waals surface area contributed by atoms with Crippen molar-refractivity contribution in [3.8, 4) is 0 Å². The van der Waals surface area contributed by atoms with Gasteiger partial charge in [-0.15, -0.1) is 5.10 Å². The Morgan fingerprint density at radius 2 is 2.33 bits per heavy atom. The minimum atomic E-state index is -0.985. The fraction of sp³-hybridized carbons (Fsp3) is 0.632. The molecule has 3 aliphatic heterocycles. The zero-order valence-corrected chi connectivity index (χ0v) is 15.8. The molecule has 5 heterocycles. The zero-order valence-electron chi connectivity index (χ0n) is 15.8. The van der Waals surface area contributed by atoms with Crippen LogP contribution in [0.1, 0.15) is 38.1 Å². The van der Waals surface area contributed by atoms with Crippen LogP contribution in [0.5, 0.6) is 0 Å². The van der Waals surface area contributed by atoms with Crippen molar-refractivity contribution in [2.75, 3.05) is 13.1 Å². The molecule has 8 nitrogen and oxygen atoms in total. The minimum Gasteiger partial charge on any atom is -0.467 e.